The number of nitrogens with zero attached hydrogens (tertiary/aromatic N) is 1. The highest BCUT2D eigenvalue weighted by molar-refractivity contribution is 5.53. The van der Waals surface area contributed by atoms with Crippen LogP contribution in [-0.2, 0) is 0 Å². The third-order valence-electron chi connectivity index (χ3n) is 2.17. The first-order chi connectivity index (χ1) is 7.75. The quantitative estimate of drug-likeness (QED) is 0.675. The van der Waals surface area contributed by atoms with Crippen molar-refractivity contribution < 1.29 is 0 Å². The molecule has 0 fully saturated rings. The number of benzene rings is 1. The van der Waals surface area contributed by atoms with Gasteiger partial charge >= 0.3 is 0 Å². The molecule has 0 amide bonds. The van der Waals surface area contributed by atoms with E-state index in [0.29, 0.717) is 5.82 Å². The fourth-order valence-electron chi connectivity index (χ4n) is 1.34. The van der Waals surface area contributed by atoms with Gasteiger partial charge in [0, 0.05) is 11.8 Å². The first-order valence-electron chi connectivity index (χ1n) is 5.05. The summed E-state index contributed by atoms with van der Waals surface area (Å²) in [6, 6.07) is 11.8. The van der Waals surface area contributed by atoms with E-state index in [1.54, 1.807) is 6.20 Å². The number of nitrogen functional groups attached to an aromatic ring is 1. The van der Waals surface area contributed by atoms with E-state index in [-0.39, 0.29) is 0 Å². The number of hydrogen-bond acceptors (Lipinski definition) is 2. The summed E-state index contributed by atoms with van der Waals surface area (Å²) < 4.78 is 0. The van der Waals surface area contributed by atoms with E-state index in [1.807, 2.05) is 43.3 Å². The third-order valence-corrected chi connectivity index (χ3v) is 2.17. The molecule has 78 valence electrons. The molecule has 1 heterocycles. The van der Waals surface area contributed by atoms with Crippen molar-refractivity contribution in [3.8, 4) is 11.8 Å². The number of aromatic nitrogens is 1. The van der Waals surface area contributed by atoms with Gasteiger partial charge in [-0.1, -0.05) is 30.0 Å². The van der Waals surface area contributed by atoms with Gasteiger partial charge in [-0.3, -0.25) is 0 Å². The van der Waals surface area contributed by atoms with Gasteiger partial charge in [0.15, 0.2) is 0 Å². The van der Waals surface area contributed by atoms with Gasteiger partial charge in [-0.25, -0.2) is 4.98 Å². The molecule has 2 nitrogen and oxygen atoms in total. The lowest BCUT2D eigenvalue weighted by Gasteiger charge is -1.97. The Morgan fingerprint density at radius 2 is 1.88 bits per heavy atom. The maximum Gasteiger partial charge on any atom is 0.139 e. The number of nitrogens with two attached hydrogens (primary N) is 1. The van der Waals surface area contributed by atoms with E-state index in [0.717, 1.165) is 16.7 Å². The van der Waals surface area contributed by atoms with Crippen LogP contribution in [0.2, 0.25) is 0 Å². The predicted molar refractivity (Wildman–Crippen MR) is 65.8 cm³/mol. The number of anilines is 1. The molecular formula is C14H12N2. The van der Waals surface area contributed by atoms with E-state index < -0.39 is 0 Å². The molecule has 2 heteroatoms. The lowest BCUT2D eigenvalue weighted by atomic mass is 10.1. The molecule has 0 spiro atoms. The van der Waals surface area contributed by atoms with Crippen LogP contribution in [-0.4, -0.2) is 4.98 Å². The molecule has 16 heavy (non-hydrogen) atoms. The largest absolute Gasteiger partial charge is 0.383 e. The van der Waals surface area contributed by atoms with Crippen molar-refractivity contribution in [2.75, 3.05) is 5.73 Å². The van der Waals surface area contributed by atoms with Gasteiger partial charge in [-0.15, -0.1) is 0 Å². The van der Waals surface area contributed by atoms with Gasteiger partial charge in [-0.05, 0) is 30.7 Å². The smallest absolute Gasteiger partial charge is 0.139 e. The topological polar surface area (TPSA) is 38.9 Å². The van der Waals surface area contributed by atoms with Crippen molar-refractivity contribution in [2.45, 2.75) is 6.92 Å². The first kappa shape index (κ1) is 10.3. The van der Waals surface area contributed by atoms with Crippen LogP contribution < -0.4 is 5.73 Å². The maximum absolute atomic E-state index is 5.74. The van der Waals surface area contributed by atoms with Crippen LogP contribution in [0.25, 0.3) is 0 Å². The van der Waals surface area contributed by atoms with Crippen LogP contribution in [0, 0.1) is 18.8 Å². The maximum atomic E-state index is 5.74. The summed E-state index contributed by atoms with van der Waals surface area (Å²) in [7, 11) is 0. The zero-order chi connectivity index (χ0) is 11.4. The minimum Gasteiger partial charge on any atom is -0.383 e. The van der Waals surface area contributed by atoms with Crippen LogP contribution in [0.15, 0.2) is 42.6 Å². The number of rotatable bonds is 0. The first-order valence-corrected chi connectivity index (χ1v) is 5.05. The normalized spacial score (nSPS) is 9.31. The van der Waals surface area contributed by atoms with Gasteiger partial charge in [0.1, 0.15) is 5.82 Å². The molecule has 0 aliphatic heterocycles. The zero-order valence-electron chi connectivity index (χ0n) is 9.07. The summed E-state index contributed by atoms with van der Waals surface area (Å²) in [4.78, 5) is 4.07. The summed E-state index contributed by atoms with van der Waals surface area (Å²) in [6.07, 6.45) is 1.74. The van der Waals surface area contributed by atoms with E-state index >= 15 is 0 Å². The Kier molecular flexibility index (Phi) is 2.88. The fraction of sp³-hybridized carbons (Fsp3) is 0.0714. The second kappa shape index (κ2) is 4.50. The van der Waals surface area contributed by atoms with Gasteiger partial charge < -0.3 is 5.73 Å². The molecule has 0 saturated heterocycles. The van der Waals surface area contributed by atoms with Crippen molar-refractivity contribution in [3.05, 3.63) is 59.3 Å². The molecular weight excluding hydrogens is 196 g/mol. The molecule has 2 aromatic rings. The molecule has 1 aromatic heterocycles. The summed E-state index contributed by atoms with van der Waals surface area (Å²) in [5.41, 5.74) is 8.56. The molecule has 2 rings (SSSR count). The highest BCUT2D eigenvalue weighted by Gasteiger charge is 1.96. The highest BCUT2D eigenvalue weighted by atomic mass is 14.8. The van der Waals surface area contributed by atoms with Crippen LogP contribution in [0.1, 0.15) is 16.7 Å². The summed E-state index contributed by atoms with van der Waals surface area (Å²) in [6.45, 7) is 1.97. The Morgan fingerprint density at radius 3 is 2.62 bits per heavy atom. The van der Waals surface area contributed by atoms with E-state index in [1.165, 1.54) is 0 Å². The average molecular weight is 208 g/mol. The average Bonchev–Trinajstić information content (AvgIpc) is 2.32. The zero-order valence-corrected chi connectivity index (χ0v) is 9.07. The standard InChI is InChI=1S/C14H12N2/c1-11-9-13(14(15)16-10-11)8-7-12-5-3-2-4-6-12/h2-6,9-10H,1H3,(H2,15,16). The van der Waals surface area contributed by atoms with Crippen LogP contribution in [0.3, 0.4) is 0 Å². The van der Waals surface area contributed by atoms with E-state index in [2.05, 4.69) is 16.8 Å². The molecule has 0 aliphatic rings. The molecule has 0 atom stereocenters. The lowest BCUT2D eigenvalue weighted by Crippen LogP contribution is -1.94. The minimum absolute atomic E-state index is 0.481. The molecule has 0 saturated carbocycles. The molecule has 0 radical (unpaired) electrons. The summed E-state index contributed by atoms with van der Waals surface area (Å²) in [5, 5.41) is 0. The molecule has 1 aromatic carbocycles. The Hall–Kier alpha value is -2.27. The molecule has 0 bridgehead atoms. The van der Waals surface area contributed by atoms with E-state index in [9.17, 15) is 0 Å². The van der Waals surface area contributed by atoms with Crippen molar-refractivity contribution in [2.24, 2.45) is 0 Å². The van der Waals surface area contributed by atoms with Gasteiger partial charge in [0.25, 0.3) is 0 Å². The SMILES string of the molecule is Cc1cnc(N)c(C#Cc2ccccc2)c1. The molecule has 2 N–H and O–H groups in total. The summed E-state index contributed by atoms with van der Waals surface area (Å²) in [5.74, 6) is 6.57. The number of hydrogen-bond donors (Lipinski definition) is 1. The lowest BCUT2D eigenvalue weighted by molar-refractivity contribution is 1.26. The Bertz CT molecular complexity index is 548. The second-order valence-corrected chi connectivity index (χ2v) is 3.56. The van der Waals surface area contributed by atoms with Crippen molar-refractivity contribution >= 4 is 5.82 Å². The van der Waals surface area contributed by atoms with Crippen molar-refractivity contribution in [3.63, 3.8) is 0 Å². The monoisotopic (exact) mass is 208 g/mol. The summed E-state index contributed by atoms with van der Waals surface area (Å²) >= 11 is 0. The van der Waals surface area contributed by atoms with Crippen LogP contribution >= 0.6 is 0 Å². The fourth-order valence-corrected chi connectivity index (χ4v) is 1.34. The molecule has 0 aliphatic carbocycles. The van der Waals surface area contributed by atoms with Crippen LogP contribution in [0.5, 0.6) is 0 Å². The van der Waals surface area contributed by atoms with Crippen molar-refractivity contribution in [1.82, 2.24) is 4.98 Å². The third kappa shape index (κ3) is 2.40. The Labute approximate surface area is 95.1 Å². The predicted octanol–water partition coefficient (Wildman–Crippen LogP) is 2.37. The molecule has 0 unspecified atom stereocenters. The Morgan fingerprint density at radius 1 is 1.12 bits per heavy atom. The van der Waals surface area contributed by atoms with Gasteiger partial charge in [-0.2, -0.15) is 0 Å². The highest BCUT2D eigenvalue weighted by Crippen LogP contribution is 2.08. The van der Waals surface area contributed by atoms with E-state index in [4.69, 9.17) is 5.73 Å². The number of aryl methyl sites for hydroxylation is 1. The minimum atomic E-state index is 0.481. The second-order valence-electron chi connectivity index (χ2n) is 3.56. The van der Waals surface area contributed by atoms with Crippen LogP contribution in [0.4, 0.5) is 5.82 Å². The Balaban J connectivity index is 2.34. The van der Waals surface area contributed by atoms with Crippen molar-refractivity contribution in [1.29, 1.82) is 0 Å². The number of pyridine rings is 1. The van der Waals surface area contributed by atoms with Gasteiger partial charge in [0.05, 0.1) is 5.56 Å². The van der Waals surface area contributed by atoms with Gasteiger partial charge in [0.2, 0.25) is 0 Å².